The third kappa shape index (κ3) is 2.88. The smallest absolute Gasteiger partial charge is 0.171 e. The molecule has 0 spiro atoms. The van der Waals surface area contributed by atoms with Crippen LogP contribution >= 0.6 is 15.9 Å². The van der Waals surface area contributed by atoms with Crippen molar-refractivity contribution in [3.63, 3.8) is 0 Å². The summed E-state index contributed by atoms with van der Waals surface area (Å²) in [6, 6.07) is 3.26. The molecule has 0 amide bonds. The van der Waals surface area contributed by atoms with E-state index >= 15 is 0 Å². The number of halogens is 2. The van der Waals surface area contributed by atoms with Crippen LogP contribution in [0.1, 0.15) is 19.4 Å². The summed E-state index contributed by atoms with van der Waals surface area (Å²) >= 11 is 3.16. The Morgan fingerprint density at radius 1 is 1.55 bits per heavy atom. The summed E-state index contributed by atoms with van der Waals surface area (Å²) < 4.78 is 20.3. The molecule has 1 aromatic carbocycles. The van der Waals surface area contributed by atoms with Gasteiger partial charge < -0.3 is 20.6 Å². The van der Waals surface area contributed by atoms with Gasteiger partial charge in [0, 0.05) is 18.7 Å². The van der Waals surface area contributed by atoms with Crippen LogP contribution in [-0.2, 0) is 4.74 Å². The molecule has 3 N–H and O–H groups in total. The van der Waals surface area contributed by atoms with E-state index in [4.69, 9.17) is 15.7 Å². The Hall–Kier alpha value is -1.34. The first-order chi connectivity index (χ1) is 9.35. The number of morpholine rings is 1. The molecule has 1 aliphatic heterocycles. The van der Waals surface area contributed by atoms with E-state index in [-0.39, 0.29) is 15.9 Å². The van der Waals surface area contributed by atoms with Crippen molar-refractivity contribution in [1.29, 1.82) is 0 Å². The molecule has 1 fully saturated rings. The van der Waals surface area contributed by atoms with E-state index in [0.717, 1.165) is 0 Å². The van der Waals surface area contributed by atoms with Gasteiger partial charge in [0.25, 0.3) is 0 Å². The Balaban J connectivity index is 2.37. The highest BCUT2D eigenvalue weighted by molar-refractivity contribution is 9.10. The zero-order valence-electron chi connectivity index (χ0n) is 11.4. The number of nitrogens with zero attached hydrogens (tertiary/aromatic N) is 2. The maximum Gasteiger partial charge on any atom is 0.171 e. The lowest BCUT2D eigenvalue weighted by molar-refractivity contribution is -0.0278. The lowest BCUT2D eigenvalue weighted by Crippen LogP contribution is -2.48. The third-order valence-electron chi connectivity index (χ3n) is 3.21. The van der Waals surface area contributed by atoms with Crippen molar-refractivity contribution >= 4 is 27.5 Å². The van der Waals surface area contributed by atoms with Crippen molar-refractivity contribution in [3.8, 4) is 0 Å². The molecule has 0 aliphatic carbocycles. The molecule has 1 saturated heterocycles. The van der Waals surface area contributed by atoms with E-state index in [9.17, 15) is 4.39 Å². The van der Waals surface area contributed by atoms with Crippen LogP contribution in [0.2, 0.25) is 0 Å². The third-order valence-corrected chi connectivity index (χ3v) is 3.99. The number of nitrogens with two attached hydrogens (primary N) is 1. The van der Waals surface area contributed by atoms with Gasteiger partial charge in [0.05, 0.1) is 22.4 Å². The molecule has 0 unspecified atom stereocenters. The molecule has 0 bridgehead atoms. The topological polar surface area (TPSA) is 71.1 Å². The van der Waals surface area contributed by atoms with Gasteiger partial charge in [-0.2, -0.15) is 0 Å². The predicted octanol–water partition coefficient (Wildman–Crippen LogP) is 2.30. The monoisotopic (exact) mass is 345 g/mol. The Morgan fingerprint density at radius 3 is 2.85 bits per heavy atom. The van der Waals surface area contributed by atoms with Crippen LogP contribution < -0.4 is 10.6 Å². The highest BCUT2D eigenvalue weighted by Gasteiger charge is 2.29. The normalized spacial score (nSPS) is 19.2. The molecule has 0 atom stereocenters. The summed E-state index contributed by atoms with van der Waals surface area (Å²) in [5.74, 6) is -0.559. The Labute approximate surface area is 125 Å². The van der Waals surface area contributed by atoms with E-state index in [0.29, 0.717) is 30.9 Å². The van der Waals surface area contributed by atoms with Gasteiger partial charge in [-0.1, -0.05) is 5.16 Å². The van der Waals surface area contributed by atoms with Gasteiger partial charge in [0.1, 0.15) is 0 Å². The van der Waals surface area contributed by atoms with Gasteiger partial charge in [0.2, 0.25) is 0 Å². The van der Waals surface area contributed by atoms with Crippen LogP contribution in [0.15, 0.2) is 21.8 Å². The molecule has 20 heavy (non-hydrogen) atoms. The number of ether oxygens (including phenoxy) is 1. The summed E-state index contributed by atoms with van der Waals surface area (Å²) in [5.41, 5.74) is 5.98. The number of oxime groups is 1. The minimum atomic E-state index is -0.424. The van der Waals surface area contributed by atoms with Crippen molar-refractivity contribution in [2.75, 3.05) is 24.6 Å². The Bertz CT molecular complexity index is 549. The van der Waals surface area contributed by atoms with Crippen molar-refractivity contribution in [1.82, 2.24) is 0 Å². The van der Waals surface area contributed by atoms with E-state index in [1.54, 1.807) is 12.1 Å². The molecule has 110 valence electrons. The van der Waals surface area contributed by atoms with Crippen LogP contribution in [0.3, 0.4) is 0 Å². The lowest BCUT2D eigenvalue weighted by Gasteiger charge is -2.39. The Morgan fingerprint density at radius 2 is 2.25 bits per heavy atom. The van der Waals surface area contributed by atoms with Crippen LogP contribution in [-0.4, -0.2) is 36.3 Å². The van der Waals surface area contributed by atoms with Gasteiger partial charge in [-0.25, -0.2) is 4.39 Å². The second-order valence-corrected chi connectivity index (χ2v) is 6.07. The van der Waals surface area contributed by atoms with E-state index in [2.05, 4.69) is 21.1 Å². The van der Waals surface area contributed by atoms with Gasteiger partial charge in [-0.05, 0) is 41.9 Å². The Kier molecular flexibility index (Phi) is 4.19. The first-order valence-corrected chi connectivity index (χ1v) is 7.00. The molecule has 5 nitrogen and oxygen atoms in total. The zero-order valence-corrected chi connectivity index (χ0v) is 12.9. The van der Waals surface area contributed by atoms with E-state index in [1.807, 2.05) is 18.7 Å². The van der Waals surface area contributed by atoms with Crippen molar-refractivity contribution in [3.05, 3.63) is 28.0 Å². The molecule has 0 aromatic heterocycles. The summed E-state index contributed by atoms with van der Waals surface area (Å²) in [5, 5.41) is 11.6. The van der Waals surface area contributed by atoms with Crippen LogP contribution in [0.25, 0.3) is 0 Å². The lowest BCUT2D eigenvalue weighted by atomic mass is 10.1. The van der Waals surface area contributed by atoms with Crippen LogP contribution in [0.4, 0.5) is 10.1 Å². The predicted molar refractivity (Wildman–Crippen MR) is 78.9 cm³/mol. The maximum absolute atomic E-state index is 14.5. The molecular formula is C13H17BrFN3O2. The number of rotatable bonds is 2. The average Bonchev–Trinajstić information content (AvgIpc) is 2.39. The van der Waals surface area contributed by atoms with Crippen molar-refractivity contribution < 1.29 is 14.3 Å². The van der Waals surface area contributed by atoms with E-state index < -0.39 is 5.82 Å². The average molecular weight is 346 g/mol. The van der Waals surface area contributed by atoms with Crippen molar-refractivity contribution in [2.45, 2.75) is 19.4 Å². The first-order valence-electron chi connectivity index (χ1n) is 6.20. The van der Waals surface area contributed by atoms with Crippen LogP contribution in [0, 0.1) is 5.82 Å². The van der Waals surface area contributed by atoms with Gasteiger partial charge in [-0.15, -0.1) is 0 Å². The number of hydrogen-bond acceptors (Lipinski definition) is 4. The van der Waals surface area contributed by atoms with Gasteiger partial charge in [-0.3, -0.25) is 0 Å². The molecule has 0 saturated carbocycles. The summed E-state index contributed by atoms with van der Waals surface area (Å²) in [4.78, 5) is 1.93. The van der Waals surface area contributed by atoms with Gasteiger partial charge in [0.15, 0.2) is 11.7 Å². The number of anilines is 1. The minimum absolute atomic E-state index is 0.135. The molecule has 1 aromatic rings. The first kappa shape index (κ1) is 15.1. The molecule has 1 aliphatic rings. The van der Waals surface area contributed by atoms with Gasteiger partial charge >= 0.3 is 0 Å². The molecule has 1 heterocycles. The summed E-state index contributed by atoms with van der Waals surface area (Å²) in [6.07, 6.45) is 0. The fourth-order valence-corrected chi connectivity index (χ4v) is 2.80. The fraction of sp³-hybridized carbons (Fsp3) is 0.462. The molecule has 0 radical (unpaired) electrons. The second-order valence-electron chi connectivity index (χ2n) is 5.28. The fourth-order valence-electron chi connectivity index (χ4n) is 2.26. The number of hydrogen-bond donors (Lipinski definition) is 2. The highest BCUT2D eigenvalue weighted by Crippen LogP contribution is 2.31. The van der Waals surface area contributed by atoms with Crippen LogP contribution in [0.5, 0.6) is 0 Å². The highest BCUT2D eigenvalue weighted by atomic mass is 79.9. The molecule has 7 heteroatoms. The number of benzene rings is 1. The molecular weight excluding hydrogens is 329 g/mol. The minimum Gasteiger partial charge on any atom is -0.409 e. The maximum atomic E-state index is 14.5. The second kappa shape index (κ2) is 5.57. The summed E-state index contributed by atoms with van der Waals surface area (Å²) in [7, 11) is 0. The quantitative estimate of drug-likeness (QED) is 0.373. The standard InChI is InChI=1S/C13H17BrFN3O2/c1-13(2)7-18(5-6-20-13)9-4-3-8(12(16)17-19)10(14)11(9)15/h3-4,19H,5-7H2,1-2H3,(H2,16,17). The zero-order chi connectivity index (χ0) is 14.9. The largest absolute Gasteiger partial charge is 0.409 e. The number of amidine groups is 1. The molecule has 2 rings (SSSR count). The summed E-state index contributed by atoms with van der Waals surface area (Å²) in [6.45, 7) is 5.70. The van der Waals surface area contributed by atoms with E-state index in [1.165, 1.54) is 0 Å². The van der Waals surface area contributed by atoms with Crippen molar-refractivity contribution in [2.24, 2.45) is 10.9 Å². The SMILES string of the molecule is CC1(C)CN(c2ccc(/C(N)=N/O)c(Br)c2F)CCO1.